The minimum absolute atomic E-state index is 0.235. The third kappa shape index (κ3) is 2.85. The standard InChI is InChI=1S/C23H21N3O4/c27-23-22-21(15-4-1-2-6-17(15)30-22)24-20(25-23)13-26-9-3-5-16(26)14-7-8-18-19(12-14)29-11-10-28-18/h1-2,4,6-8,12,16H,3,5,9-11,13H2,(H,24,25,27)/t16-/m0/s1. The van der Waals surface area contributed by atoms with Crippen molar-refractivity contribution in [1.29, 1.82) is 0 Å². The summed E-state index contributed by atoms with van der Waals surface area (Å²) in [7, 11) is 0. The van der Waals surface area contributed by atoms with E-state index in [1.165, 1.54) is 5.56 Å². The van der Waals surface area contributed by atoms with Crippen LogP contribution in [0.4, 0.5) is 0 Å². The van der Waals surface area contributed by atoms with Crippen LogP contribution in [0.3, 0.4) is 0 Å². The molecule has 152 valence electrons. The quantitative estimate of drug-likeness (QED) is 0.561. The number of aromatic amines is 1. The van der Waals surface area contributed by atoms with Crippen molar-refractivity contribution in [2.24, 2.45) is 0 Å². The smallest absolute Gasteiger partial charge is 0.294 e. The summed E-state index contributed by atoms with van der Waals surface area (Å²) in [6, 6.07) is 14.0. The van der Waals surface area contributed by atoms with Gasteiger partial charge in [-0.05, 0) is 49.2 Å². The number of fused-ring (bicyclic) bond motifs is 4. The molecule has 0 radical (unpaired) electrons. The Balaban J connectivity index is 1.33. The molecule has 1 N–H and O–H groups in total. The SMILES string of the molecule is O=c1[nH]c(CN2CCC[C@H]2c2ccc3c(c2)OCCO3)nc2c1oc1ccccc12. The van der Waals surface area contributed by atoms with E-state index in [2.05, 4.69) is 22.0 Å². The normalized spacial score (nSPS) is 19.0. The highest BCUT2D eigenvalue weighted by atomic mass is 16.6. The molecule has 0 amide bonds. The maximum Gasteiger partial charge on any atom is 0.294 e. The fourth-order valence-corrected chi connectivity index (χ4v) is 4.57. The molecule has 0 saturated carbocycles. The minimum Gasteiger partial charge on any atom is -0.486 e. The van der Waals surface area contributed by atoms with Crippen LogP contribution >= 0.6 is 0 Å². The first-order chi connectivity index (χ1) is 14.8. The average Bonchev–Trinajstić information content (AvgIpc) is 3.38. The second-order valence-corrected chi connectivity index (χ2v) is 7.82. The van der Waals surface area contributed by atoms with E-state index < -0.39 is 0 Å². The van der Waals surface area contributed by atoms with Crippen molar-refractivity contribution in [2.75, 3.05) is 19.8 Å². The summed E-state index contributed by atoms with van der Waals surface area (Å²) in [5.74, 6) is 2.27. The van der Waals surface area contributed by atoms with Crippen molar-refractivity contribution in [1.82, 2.24) is 14.9 Å². The monoisotopic (exact) mass is 403 g/mol. The lowest BCUT2D eigenvalue weighted by Gasteiger charge is -2.26. The van der Waals surface area contributed by atoms with Crippen LogP contribution in [0, 0.1) is 0 Å². The van der Waals surface area contributed by atoms with E-state index in [-0.39, 0.29) is 17.2 Å². The van der Waals surface area contributed by atoms with Gasteiger partial charge in [-0.25, -0.2) is 4.98 Å². The summed E-state index contributed by atoms with van der Waals surface area (Å²) in [6.07, 6.45) is 2.15. The van der Waals surface area contributed by atoms with Gasteiger partial charge in [0.25, 0.3) is 5.56 Å². The first-order valence-electron chi connectivity index (χ1n) is 10.3. The van der Waals surface area contributed by atoms with Gasteiger partial charge in [-0.2, -0.15) is 0 Å². The summed E-state index contributed by atoms with van der Waals surface area (Å²) in [5, 5.41) is 0.865. The zero-order valence-corrected chi connectivity index (χ0v) is 16.4. The lowest BCUT2D eigenvalue weighted by Crippen LogP contribution is -2.25. The van der Waals surface area contributed by atoms with Gasteiger partial charge in [0.05, 0.1) is 6.54 Å². The van der Waals surface area contributed by atoms with Crippen LogP contribution in [-0.4, -0.2) is 34.6 Å². The summed E-state index contributed by atoms with van der Waals surface area (Å²) >= 11 is 0. The van der Waals surface area contributed by atoms with Crippen molar-refractivity contribution in [2.45, 2.75) is 25.4 Å². The molecule has 2 aromatic carbocycles. The molecule has 6 rings (SSSR count). The van der Waals surface area contributed by atoms with Gasteiger partial charge in [0.15, 0.2) is 11.5 Å². The molecular weight excluding hydrogens is 382 g/mol. The summed E-state index contributed by atoms with van der Waals surface area (Å²) in [5.41, 5.74) is 2.55. The number of rotatable bonds is 3. The zero-order valence-electron chi connectivity index (χ0n) is 16.4. The third-order valence-electron chi connectivity index (χ3n) is 5.95. The van der Waals surface area contributed by atoms with Gasteiger partial charge < -0.3 is 18.9 Å². The van der Waals surface area contributed by atoms with Crippen LogP contribution in [0.5, 0.6) is 11.5 Å². The number of benzene rings is 2. The van der Waals surface area contributed by atoms with Crippen molar-refractivity contribution >= 4 is 22.1 Å². The molecule has 30 heavy (non-hydrogen) atoms. The van der Waals surface area contributed by atoms with Crippen LogP contribution in [-0.2, 0) is 6.54 Å². The van der Waals surface area contributed by atoms with Crippen LogP contribution in [0.1, 0.15) is 30.3 Å². The van der Waals surface area contributed by atoms with Crippen molar-refractivity contribution in [3.63, 3.8) is 0 Å². The first kappa shape index (κ1) is 17.5. The van der Waals surface area contributed by atoms with Crippen LogP contribution in [0.15, 0.2) is 51.7 Å². The van der Waals surface area contributed by atoms with Crippen molar-refractivity contribution in [3.05, 3.63) is 64.2 Å². The number of para-hydroxylation sites is 1. The fraction of sp³-hybridized carbons (Fsp3) is 0.304. The number of aromatic nitrogens is 2. The maximum atomic E-state index is 12.6. The minimum atomic E-state index is -0.235. The first-order valence-corrected chi connectivity index (χ1v) is 10.3. The Hall–Kier alpha value is -3.32. The Morgan fingerprint density at radius 3 is 2.90 bits per heavy atom. The third-order valence-corrected chi connectivity index (χ3v) is 5.95. The summed E-state index contributed by atoms with van der Waals surface area (Å²) < 4.78 is 17.1. The molecule has 4 heterocycles. The lowest BCUT2D eigenvalue weighted by atomic mass is 10.0. The Kier molecular flexibility index (Phi) is 4.02. The summed E-state index contributed by atoms with van der Waals surface area (Å²) in [6.45, 7) is 2.69. The number of likely N-dealkylation sites (tertiary alicyclic amines) is 1. The molecule has 7 heteroatoms. The topological polar surface area (TPSA) is 80.6 Å². The number of H-pyrrole nitrogens is 1. The molecule has 0 unspecified atom stereocenters. The van der Waals surface area contributed by atoms with E-state index >= 15 is 0 Å². The van der Waals surface area contributed by atoms with Gasteiger partial charge in [0.1, 0.15) is 30.1 Å². The molecule has 1 fully saturated rings. The molecule has 0 aliphatic carbocycles. The maximum absolute atomic E-state index is 12.6. The Morgan fingerprint density at radius 2 is 1.97 bits per heavy atom. The molecule has 7 nitrogen and oxygen atoms in total. The average molecular weight is 403 g/mol. The molecule has 2 aliphatic heterocycles. The molecule has 2 aromatic heterocycles. The highest BCUT2D eigenvalue weighted by Crippen LogP contribution is 2.38. The molecule has 4 aromatic rings. The molecule has 1 saturated heterocycles. The van der Waals surface area contributed by atoms with Gasteiger partial charge in [0.2, 0.25) is 5.58 Å². The Bertz CT molecular complexity index is 1310. The molecule has 0 bridgehead atoms. The zero-order chi connectivity index (χ0) is 20.1. The van der Waals surface area contributed by atoms with E-state index in [1.54, 1.807) is 0 Å². The second kappa shape index (κ2) is 6.88. The Labute approximate surface area is 172 Å². The van der Waals surface area contributed by atoms with Gasteiger partial charge in [-0.15, -0.1) is 0 Å². The number of nitrogens with zero attached hydrogens (tertiary/aromatic N) is 2. The largest absolute Gasteiger partial charge is 0.486 e. The van der Waals surface area contributed by atoms with Crippen molar-refractivity contribution < 1.29 is 13.9 Å². The van der Waals surface area contributed by atoms with Gasteiger partial charge in [0, 0.05) is 11.4 Å². The van der Waals surface area contributed by atoms with Gasteiger partial charge in [-0.3, -0.25) is 9.69 Å². The molecule has 0 spiro atoms. The predicted octanol–water partition coefficient (Wildman–Crippen LogP) is 3.78. The predicted molar refractivity (Wildman–Crippen MR) is 112 cm³/mol. The number of furan rings is 1. The van der Waals surface area contributed by atoms with Crippen LogP contribution < -0.4 is 15.0 Å². The summed E-state index contributed by atoms with van der Waals surface area (Å²) in [4.78, 5) is 22.6. The molecule has 2 aliphatic rings. The van der Waals surface area contributed by atoms with E-state index in [4.69, 9.17) is 18.9 Å². The van der Waals surface area contributed by atoms with E-state index in [1.807, 2.05) is 30.3 Å². The van der Waals surface area contributed by atoms with Gasteiger partial charge in [-0.1, -0.05) is 18.2 Å². The highest BCUT2D eigenvalue weighted by Gasteiger charge is 2.28. The van der Waals surface area contributed by atoms with E-state index in [0.717, 1.165) is 36.3 Å². The number of ether oxygens (including phenoxy) is 2. The van der Waals surface area contributed by atoms with Crippen LogP contribution in [0.2, 0.25) is 0 Å². The number of nitrogens with one attached hydrogen (secondary N) is 1. The van der Waals surface area contributed by atoms with E-state index in [9.17, 15) is 4.79 Å². The van der Waals surface area contributed by atoms with Crippen molar-refractivity contribution in [3.8, 4) is 11.5 Å². The molecule has 1 atom stereocenters. The fourth-order valence-electron chi connectivity index (χ4n) is 4.57. The van der Waals surface area contributed by atoms with Gasteiger partial charge >= 0.3 is 0 Å². The number of hydrogen-bond acceptors (Lipinski definition) is 6. The Morgan fingerprint density at radius 1 is 1.10 bits per heavy atom. The highest BCUT2D eigenvalue weighted by molar-refractivity contribution is 6.01. The number of hydrogen-bond donors (Lipinski definition) is 1. The van der Waals surface area contributed by atoms with E-state index in [0.29, 0.717) is 36.7 Å². The van der Waals surface area contributed by atoms with Crippen LogP contribution in [0.25, 0.3) is 22.1 Å². The second-order valence-electron chi connectivity index (χ2n) is 7.82. The lowest BCUT2D eigenvalue weighted by molar-refractivity contribution is 0.170. The molecular formula is C23H21N3O4.